The third-order valence-corrected chi connectivity index (χ3v) is 4.61. The number of hydrogen-bond donors (Lipinski definition) is 1. The Morgan fingerprint density at radius 3 is 2.78 bits per heavy atom. The van der Waals surface area contributed by atoms with Crippen LogP contribution in [0.5, 0.6) is 0 Å². The molecule has 2 heterocycles. The second kappa shape index (κ2) is 7.38. The highest BCUT2D eigenvalue weighted by Crippen LogP contribution is 2.32. The molecule has 1 aliphatic rings. The molecule has 1 aliphatic heterocycles. The molecule has 0 aliphatic carbocycles. The number of amides is 1. The van der Waals surface area contributed by atoms with E-state index in [9.17, 15) is 4.79 Å². The van der Waals surface area contributed by atoms with Gasteiger partial charge in [-0.2, -0.15) is 0 Å². The van der Waals surface area contributed by atoms with Crippen molar-refractivity contribution in [1.29, 1.82) is 0 Å². The maximum Gasteiger partial charge on any atom is 0.251 e. The van der Waals surface area contributed by atoms with E-state index in [0.29, 0.717) is 17.9 Å². The first-order valence-electron chi connectivity index (χ1n) is 8.83. The quantitative estimate of drug-likeness (QED) is 0.725. The second-order valence-electron chi connectivity index (χ2n) is 6.33. The first-order valence-corrected chi connectivity index (χ1v) is 8.83. The van der Waals surface area contributed by atoms with Crippen molar-refractivity contribution < 1.29 is 9.21 Å². The van der Waals surface area contributed by atoms with Crippen LogP contribution in [-0.2, 0) is 13.0 Å². The Morgan fingerprint density at radius 2 is 2.04 bits per heavy atom. The SMILES string of the molecule is CC#CN1CCc2cc(-c3ccc(C(=O)NCc4cnco4)cc3)ccc21. The topological polar surface area (TPSA) is 58.4 Å². The molecule has 27 heavy (non-hydrogen) atoms. The Morgan fingerprint density at radius 1 is 1.22 bits per heavy atom. The average molecular weight is 357 g/mol. The molecular weight excluding hydrogens is 338 g/mol. The van der Waals surface area contributed by atoms with Crippen molar-refractivity contribution in [1.82, 2.24) is 10.3 Å². The summed E-state index contributed by atoms with van der Waals surface area (Å²) in [5.74, 6) is 3.45. The molecule has 0 fully saturated rings. The summed E-state index contributed by atoms with van der Waals surface area (Å²) in [6.07, 6.45) is 3.94. The molecule has 3 aromatic rings. The fraction of sp³-hybridized carbons (Fsp3) is 0.182. The van der Waals surface area contributed by atoms with Gasteiger partial charge in [-0.1, -0.05) is 24.1 Å². The van der Waals surface area contributed by atoms with Crippen LogP contribution in [0.25, 0.3) is 11.1 Å². The largest absolute Gasteiger partial charge is 0.447 e. The van der Waals surface area contributed by atoms with Crippen molar-refractivity contribution in [3.8, 4) is 23.1 Å². The molecule has 1 N–H and O–H groups in total. The van der Waals surface area contributed by atoms with E-state index in [0.717, 1.165) is 24.1 Å². The van der Waals surface area contributed by atoms with Crippen LogP contribution < -0.4 is 10.2 Å². The Hall–Kier alpha value is -3.52. The predicted molar refractivity (Wildman–Crippen MR) is 104 cm³/mol. The predicted octanol–water partition coefficient (Wildman–Crippen LogP) is 3.61. The van der Waals surface area contributed by atoms with Crippen molar-refractivity contribution in [3.63, 3.8) is 0 Å². The van der Waals surface area contributed by atoms with E-state index in [2.05, 4.69) is 45.4 Å². The number of nitrogens with one attached hydrogen (secondary N) is 1. The summed E-state index contributed by atoms with van der Waals surface area (Å²) < 4.78 is 5.12. The summed E-state index contributed by atoms with van der Waals surface area (Å²) in [4.78, 5) is 18.2. The van der Waals surface area contributed by atoms with Crippen LogP contribution in [0.4, 0.5) is 5.69 Å². The van der Waals surface area contributed by atoms with Gasteiger partial charge >= 0.3 is 0 Å². The first kappa shape index (κ1) is 16.9. The number of anilines is 1. The van der Waals surface area contributed by atoms with E-state index in [1.54, 1.807) is 6.20 Å². The molecule has 0 saturated heterocycles. The zero-order valence-electron chi connectivity index (χ0n) is 15.0. The molecule has 134 valence electrons. The van der Waals surface area contributed by atoms with Gasteiger partial charge in [-0.25, -0.2) is 4.98 Å². The molecule has 2 aromatic carbocycles. The van der Waals surface area contributed by atoms with Gasteiger partial charge in [0.25, 0.3) is 5.91 Å². The summed E-state index contributed by atoms with van der Waals surface area (Å²) in [5.41, 5.74) is 5.35. The van der Waals surface area contributed by atoms with Gasteiger partial charge in [0.05, 0.1) is 18.4 Å². The molecule has 5 heteroatoms. The van der Waals surface area contributed by atoms with Crippen LogP contribution in [0, 0.1) is 12.0 Å². The van der Waals surface area contributed by atoms with Crippen molar-refractivity contribution >= 4 is 11.6 Å². The molecule has 0 bridgehead atoms. The van der Waals surface area contributed by atoms with Crippen LogP contribution in [0.3, 0.4) is 0 Å². The second-order valence-corrected chi connectivity index (χ2v) is 6.33. The maximum atomic E-state index is 12.2. The molecule has 0 radical (unpaired) electrons. The third-order valence-electron chi connectivity index (χ3n) is 4.61. The van der Waals surface area contributed by atoms with Gasteiger partial charge in [0.15, 0.2) is 6.39 Å². The molecule has 1 amide bonds. The smallest absolute Gasteiger partial charge is 0.251 e. The lowest BCUT2D eigenvalue weighted by molar-refractivity contribution is 0.0948. The first-order chi connectivity index (χ1) is 13.2. The van der Waals surface area contributed by atoms with Crippen LogP contribution in [0.1, 0.15) is 28.6 Å². The highest BCUT2D eigenvalue weighted by Gasteiger charge is 2.18. The maximum absolute atomic E-state index is 12.2. The van der Waals surface area contributed by atoms with Crippen LogP contribution in [0.15, 0.2) is 59.5 Å². The lowest BCUT2D eigenvalue weighted by Crippen LogP contribution is -2.22. The Kier molecular flexibility index (Phi) is 4.63. The number of carbonyl (C=O) groups excluding carboxylic acids is 1. The summed E-state index contributed by atoms with van der Waals surface area (Å²) >= 11 is 0. The Labute approximate surface area is 158 Å². The number of carbonyl (C=O) groups is 1. The van der Waals surface area contributed by atoms with E-state index in [-0.39, 0.29) is 5.91 Å². The number of rotatable bonds is 4. The summed E-state index contributed by atoms with van der Waals surface area (Å²) in [6.45, 7) is 3.11. The molecule has 0 saturated carbocycles. The number of aromatic nitrogens is 1. The molecule has 4 rings (SSSR count). The Balaban J connectivity index is 1.47. The minimum atomic E-state index is -0.138. The monoisotopic (exact) mass is 357 g/mol. The van der Waals surface area contributed by atoms with E-state index >= 15 is 0 Å². The van der Waals surface area contributed by atoms with Gasteiger partial charge in [0.2, 0.25) is 0 Å². The molecule has 1 aromatic heterocycles. The molecule has 0 unspecified atom stereocenters. The summed E-state index contributed by atoms with van der Waals surface area (Å²) in [5, 5.41) is 2.82. The number of hydrogen-bond acceptors (Lipinski definition) is 4. The molecule has 5 nitrogen and oxygen atoms in total. The van der Waals surface area contributed by atoms with Crippen molar-refractivity contribution in [2.75, 3.05) is 11.4 Å². The van der Waals surface area contributed by atoms with Gasteiger partial charge in [-0.05, 0) is 54.3 Å². The zero-order chi connectivity index (χ0) is 18.6. The fourth-order valence-corrected chi connectivity index (χ4v) is 3.25. The minimum absolute atomic E-state index is 0.138. The zero-order valence-corrected chi connectivity index (χ0v) is 15.0. The molecule has 0 atom stereocenters. The molecular formula is C22H19N3O2. The fourth-order valence-electron chi connectivity index (χ4n) is 3.25. The summed E-state index contributed by atoms with van der Waals surface area (Å²) in [7, 11) is 0. The highest BCUT2D eigenvalue weighted by atomic mass is 16.3. The van der Waals surface area contributed by atoms with Crippen molar-refractivity contribution in [2.45, 2.75) is 19.9 Å². The number of nitrogens with zero attached hydrogens (tertiary/aromatic N) is 2. The van der Waals surface area contributed by atoms with Crippen LogP contribution in [-0.4, -0.2) is 17.4 Å². The van der Waals surface area contributed by atoms with Crippen LogP contribution in [0.2, 0.25) is 0 Å². The lowest BCUT2D eigenvalue weighted by atomic mass is 10.0. The number of fused-ring (bicyclic) bond motifs is 1. The average Bonchev–Trinajstić information content (AvgIpc) is 3.36. The highest BCUT2D eigenvalue weighted by molar-refractivity contribution is 5.94. The normalized spacial score (nSPS) is 12.3. The Bertz CT molecular complexity index is 1010. The lowest BCUT2D eigenvalue weighted by Gasteiger charge is -2.11. The van der Waals surface area contributed by atoms with E-state index in [4.69, 9.17) is 4.42 Å². The van der Waals surface area contributed by atoms with Gasteiger partial charge < -0.3 is 14.6 Å². The third kappa shape index (κ3) is 3.56. The van der Waals surface area contributed by atoms with E-state index < -0.39 is 0 Å². The van der Waals surface area contributed by atoms with Crippen molar-refractivity contribution in [3.05, 3.63) is 71.9 Å². The van der Waals surface area contributed by atoms with Crippen molar-refractivity contribution in [2.24, 2.45) is 0 Å². The van der Waals surface area contributed by atoms with Gasteiger partial charge in [0.1, 0.15) is 5.76 Å². The minimum Gasteiger partial charge on any atom is -0.447 e. The van der Waals surface area contributed by atoms with Gasteiger partial charge in [0, 0.05) is 18.2 Å². The van der Waals surface area contributed by atoms with E-state index in [1.807, 2.05) is 31.2 Å². The molecule has 0 spiro atoms. The van der Waals surface area contributed by atoms with Gasteiger partial charge in [-0.15, -0.1) is 0 Å². The van der Waals surface area contributed by atoms with Crippen LogP contribution >= 0.6 is 0 Å². The van der Waals surface area contributed by atoms with E-state index in [1.165, 1.54) is 17.6 Å². The standard InChI is InChI=1S/C22H19N3O2/c1-2-10-25-11-9-19-12-18(7-8-21(19)25)16-3-5-17(6-4-16)22(26)24-14-20-13-23-15-27-20/h3-8,12-13,15H,9,11,14H2,1H3,(H,24,26). The summed E-state index contributed by atoms with van der Waals surface area (Å²) in [6, 6.07) is 17.2. The number of benzene rings is 2. The van der Waals surface area contributed by atoms with Gasteiger partial charge in [-0.3, -0.25) is 4.79 Å². The number of oxazole rings is 1.